The number of aromatic nitrogens is 4. The number of likely N-dealkylation sites (tertiary alicyclic amines) is 2. The van der Waals surface area contributed by atoms with Crippen molar-refractivity contribution < 1.29 is 19.1 Å². The lowest BCUT2D eigenvalue weighted by molar-refractivity contribution is -0.145. The molecule has 4 aromatic rings. The van der Waals surface area contributed by atoms with Gasteiger partial charge >= 0.3 is 0 Å². The molecule has 6 heterocycles. The molecule has 0 bridgehead atoms. The fraction of sp³-hybridized carbons (Fsp3) is 0.537. The normalized spacial score (nSPS) is 24.4. The van der Waals surface area contributed by atoms with Gasteiger partial charge in [0.05, 0.1) is 46.9 Å². The number of anilines is 3. The second kappa shape index (κ2) is 13.2. The van der Waals surface area contributed by atoms with Crippen LogP contribution in [0.3, 0.4) is 0 Å². The second-order valence-corrected chi connectivity index (χ2v) is 17.0. The van der Waals surface area contributed by atoms with Gasteiger partial charge in [0.15, 0.2) is 11.6 Å². The second-order valence-electron chi connectivity index (χ2n) is 17.0. The summed E-state index contributed by atoms with van der Waals surface area (Å²) in [6.07, 6.45) is 7.43. The summed E-state index contributed by atoms with van der Waals surface area (Å²) >= 11 is 0. The van der Waals surface area contributed by atoms with E-state index in [0.29, 0.717) is 55.3 Å². The van der Waals surface area contributed by atoms with Crippen LogP contribution >= 0.6 is 0 Å². The first-order valence-corrected chi connectivity index (χ1v) is 19.2. The average Bonchev–Trinajstić information content (AvgIpc) is 3.78. The zero-order valence-corrected chi connectivity index (χ0v) is 31.6. The standard InChI is InChI=1S/C41H51FN8O3/c1-24(2)49-23-44-34-18-33(46-37(36(34)49)45-32-9-12-43-19-31(32)42)27-7-8-30-35(15-27)50(29-16-28(17-29)48-20-25(3)26(4)21-48)39(53)41(30)10-13-47(14-11-41)38(52)40(5,6)22-51/h7-9,12,15,18-19,23-26,28-29,51H,10-11,13-14,16-17,20-22H2,1-6H3,(H,43,45,46)/t25-,26+,28?,29?. The maximum atomic E-state index is 14.9. The minimum atomic E-state index is -0.871. The first-order valence-electron chi connectivity index (χ1n) is 19.2. The molecule has 2 atom stereocenters. The first kappa shape index (κ1) is 35.6. The number of fused-ring (bicyclic) bond motifs is 3. The fourth-order valence-electron chi connectivity index (χ4n) is 9.01. The number of rotatable bonds is 8. The van der Waals surface area contributed by atoms with Crippen molar-refractivity contribution in [3.8, 4) is 11.3 Å². The summed E-state index contributed by atoms with van der Waals surface area (Å²) in [6, 6.07) is 10.4. The van der Waals surface area contributed by atoms with E-state index in [9.17, 15) is 19.1 Å². The van der Waals surface area contributed by atoms with Crippen molar-refractivity contribution in [1.29, 1.82) is 0 Å². The third-order valence-electron chi connectivity index (χ3n) is 12.7. The number of carbonyl (C=O) groups is 2. The van der Waals surface area contributed by atoms with E-state index in [1.165, 1.54) is 12.4 Å². The number of amides is 2. The van der Waals surface area contributed by atoms with Crippen molar-refractivity contribution in [2.75, 3.05) is 43.0 Å². The van der Waals surface area contributed by atoms with E-state index >= 15 is 0 Å². The van der Waals surface area contributed by atoms with Crippen molar-refractivity contribution in [1.82, 2.24) is 29.3 Å². The number of aliphatic hydroxyl groups excluding tert-OH is 1. The summed E-state index contributed by atoms with van der Waals surface area (Å²) in [4.78, 5) is 48.5. The molecule has 2 amide bonds. The van der Waals surface area contributed by atoms with E-state index in [0.717, 1.165) is 53.8 Å². The number of imidazole rings is 1. The highest BCUT2D eigenvalue weighted by Crippen LogP contribution is 2.52. The van der Waals surface area contributed by atoms with Crippen LogP contribution in [-0.2, 0) is 15.0 Å². The van der Waals surface area contributed by atoms with E-state index in [4.69, 9.17) is 9.97 Å². The number of carbonyl (C=O) groups excluding carboxylic acids is 2. The van der Waals surface area contributed by atoms with Crippen LogP contribution in [-0.4, -0.2) is 91.1 Å². The van der Waals surface area contributed by atoms with Gasteiger partial charge in [0, 0.05) is 61.8 Å². The Hall–Kier alpha value is -4.42. The van der Waals surface area contributed by atoms with Gasteiger partial charge in [-0.3, -0.25) is 19.5 Å². The number of piperidine rings is 1. The van der Waals surface area contributed by atoms with Gasteiger partial charge in [-0.15, -0.1) is 0 Å². The lowest BCUT2D eigenvalue weighted by Crippen LogP contribution is -2.58. The monoisotopic (exact) mass is 722 g/mol. The Labute approximate surface area is 310 Å². The lowest BCUT2D eigenvalue weighted by atomic mass is 9.73. The summed E-state index contributed by atoms with van der Waals surface area (Å²) in [6.45, 7) is 15.2. The van der Waals surface area contributed by atoms with Crippen LogP contribution in [0, 0.1) is 23.1 Å². The van der Waals surface area contributed by atoms with E-state index < -0.39 is 16.6 Å². The summed E-state index contributed by atoms with van der Waals surface area (Å²) in [5.41, 5.74) is 3.60. The predicted octanol–water partition coefficient (Wildman–Crippen LogP) is 6.30. The predicted molar refractivity (Wildman–Crippen MR) is 203 cm³/mol. The number of nitrogens with zero attached hydrogens (tertiary/aromatic N) is 7. The van der Waals surface area contributed by atoms with Crippen LogP contribution in [0.15, 0.2) is 49.1 Å². The number of pyridine rings is 2. The number of halogens is 1. The zero-order valence-electron chi connectivity index (χ0n) is 31.6. The number of aliphatic hydroxyl groups is 1. The molecule has 2 N–H and O–H groups in total. The van der Waals surface area contributed by atoms with Gasteiger partial charge in [0.1, 0.15) is 5.52 Å². The van der Waals surface area contributed by atoms with Crippen LogP contribution in [0.5, 0.6) is 0 Å². The molecule has 11 nitrogen and oxygen atoms in total. The summed E-state index contributed by atoms with van der Waals surface area (Å²) in [5.74, 6) is 1.38. The van der Waals surface area contributed by atoms with Gasteiger partial charge in [-0.1, -0.05) is 26.0 Å². The molecule has 1 saturated carbocycles. The lowest BCUT2D eigenvalue weighted by Gasteiger charge is -2.46. The summed E-state index contributed by atoms with van der Waals surface area (Å²) in [7, 11) is 0. The molecule has 280 valence electrons. The van der Waals surface area contributed by atoms with E-state index in [-0.39, 0.29) is 36.2 Å². The van der Waals surface area contributed by atoms with Crippen molar-refractivity contribution >= 4 is 40.0 Å². The number of benzene rings is 1. The molecular weight excluding hydrogens is 672 g/mol. The number of hydrogen-bond donors (Lipinski definition) is 2. The van der Waals surface area contributed by atoms with Crippen LogP contribution in [0.25, 0.3) is 22.3 Å². The molecule has 3 aliphatic heterocycles. The molecule has 3 aromatic heterocycles. The minimum absolute atomic E-state index is 0.0823. The molecule has 1 aliphatic carbocycles. The van der Waals surface area contributed by atoms with Crippen LogP contribution in [0.1, 0.15) is 78.8 Å². The smallest absolute Gasteiger partial charge is 0.238 e. The fourth-order valence-corrected chi connectivity index (χ4v) is 9.01. The highest BCUT2D eigenvalue weighted by atomic mass is 19.1. The summed E-state index contributed by atoms with van der Waals surface area (Å²) < 4.78 is 16.9. The van der Waals surface area contributed by atoms with Gasteiger partial charge < -0.3 is 24.8 Å². The Bertz CT molecular complexity index is 2060. The molecule has 2 saturated heterocycles. The topological polar surface area (TPSA) is 120 Å². The van der Waals surface area contributed by atoms with E-state index in [1.54, 1.807) is 26.2 Å². The Morgan fingerprint density at radius 3 is 2.45 bits per heavy atom. The van der Waals surface area contributed by atoms with Gasteiger partial charge in [-0.05, 0) is 89.0 Å². The molecule has 12 heteroatoms. The van der Waals surface area contributed by atoms with Crippen molar-refractivity contribution in [3.63, 3.8) is 0 Å². The highest BCUT2D eigenvalue weighted by molar-refractivity contribution is 6.09. The summed E-state index contributed by atoms with van der Waals surface area (Å²) in [5, 5.41) is 13.1. The van der Waals surface area contributed by atoms with Crippen molar-refractivity contribution in [3.05, 3.63) is 60.4 Å². The number of hydrogen-bond acceptors (Lipinski definition) is 8. The quantitative estimate of drug-likeness (QED) is 0.218. The maximum Gasteiger partial charge on any atom is 0.238 e. The van der Waals surface area contributed by atoms with E-state index in [1.807, 2.05) is 21.6 Å². The molecule has 0 radical (unpaired) electrons. The van der Waals surface area contributed by atoms with Gasteiger partial charge in [-0.25, -0.2) is 14.4 Å². The molecule has 53 heavy (non-hydrogen) atoms. The molecule has 3 fully saturated rings. The third-order valence-corrected chi connectivity index (χ3v) is 12.7. The first-order chi connectivity index (χ1) is 25.3. The van der Waals surface area contributed by atoms with Crippen LogP contribution in [0.2, 0.25) is 0 Å². The Kier molecular flexibility index (Phi) is 8.84. The molecule has 4 aliphatic rings. The Morgan fingerprint density at radius 2 is 1.79 bits per heavy atom. The van der Waals surface area contributed by atoms with E-state index in [2.05, 4.69) is 59.9 Å². The van der Waals surface area contributed by atoms with Crippen LogP contribution in [0.4, 0.5) is 21.6 Å². The number of nitrogens with one attached hydrogen (secondary N) is 1. The van der Waals surface area contributed by atoms with Crippen molar-refractivity contribution in [2.45, 2.75) is 90.8 Å². The zero-order chi connectivity index (χ0) is 37.4. The maximum absolute atomic E-state index is 14.9. The molecule has 0 unspecified atom stereocenters. The highest BCUT2D eigenvalue weighted by Gasteiger charge is 2.56. The average molecular weight is 723 g/mol. The van der Waals surface area contributed by atoms with Gasteiger partial charge in [0.25, 0.3) is 0 Å². The molecule has 1 spiro atoms. The van der Waals surface area contributed by atoms with Gasteiger partial charge in [0.2, 0.25) is 11.8 Å². The SMILES string of the molecule is CC(C)n1cnc2cc(-c3ccc4c(c3)N(C3CC(N5C[C@@H](C)[C@@H](C)C5)C3)C(=O)C43CCN(C(=O)C(C)(C)CO)CC3)nc(Nc3ccncc3F)c21. The van der Waals surface area contributed by atoms with Crippen molar-refractivity contribution in [2.24, 2.45) is 17.3 Å². The largest absolute Gasteiger partial charge is 0.395 e. The Morgan fingerprint density at radius 1 is 1.08 bits per heavy atom. The van der Waals surface area contributed by atoms with Gasteiger partial charge in [-0.2, -0.15) is 0 Å². The Balaban J connectivity index is 1.17. The third kappa shape index (κ3) is 5.89. The van der Waals surface area contributed by atoms with Crippen LogP contribution < -0.4 is 10.2 Å². The minimum Gasteiger partial charge on any atom is -0.395 e. The molecule has 1 aromatic carbocycles. The molecular formula is C41H51FN8O3. The molecule has 8 rings (SSSR count).